The smallest absolute Gasteiger partial charge is 0.182 e. The zero-order chi connectivity index (χ0) is 12.3. The molecule has 0 saturated carbocycles. The highest BCUT2D eigenvalue weighted by Gasteiger charge is 2.20. The van der Waals surface area contributed by atoms with Crippen LogP contribution >= 0.6 is 0 Å². The van der Waals surface area contributed by atoms with Gasteiger partial charge in [0.1, 0.15) is 0 Å². The lowest BCUT2D eigenvalue weighted by molar-refractivity contribution is -0.116. The topological polar surface area (TPSA) is 37.4 Å². The third-order valence-electron chi connectivity index (χ3n) is 2.94. The van der Waals surface area contributed by atoms with Crippen LogP contribution in [0.3, 0.4) is 0 Å². The maximum atomic E-state index is 12.0. The molecule has 1 aliphatic rings. The largest absolute Gasteiger partial charge is 0.366 e. The highest BCUT2D eigenvalue weighted by molar-refractivity contribution is 5.98. The Labute approximate surface area is 101 Å². The van der Waals surface area contributed by atoms with E-state index >= 15 is 0 Å². The molecule has 0 spiro atoms. The predicted octanol–water partition coefficient (Wildman–Crippen LogP) is 2.05. The molecule has 1 aromatic rings. The third-order valence-corrected chi connectivity index (χ3v) is 2.94. The fourth-order valence-electron chi connectivity index (χ4n) is 1.89. The van der Waals surface area contributed by atoms with E-state index in [2.05, 4.69) is 0 Å². The van der Waals surface area contributed by atoms with Crippen molar-refractivity contribution >= 4 is 11.6 Å². The van der Waals surface area contributed by atoms with Crippen molar-refractivity contribution in [3.05, 3.63) is 48.2 Å². The third kappa shape index (κ3) is 2.81. The standard InChI is InChI=1S/C14H15NO2/c1-11-9-13(16)7-8-15(11)10-14(17)12-5-3-2-4-6-12/h2-8,11H,9-10H2,1H3. The summed E-state index contributed by atoms with van der Waals surface area (Å²) in [5, 5.41) is 0. The molecular formula is C14H15NO2. The van der Waals surface area contributed by atoms with Crippen LogP contribution in [0.5, 0.6) is 0 Å². The van der Waals surface area contributed by atoms with Crippen LogP contribution in [0.15, 0.2) is 42.6 Å². The van der Waals surface area contributed by atoms with Crippen molar-refractivity contribution in [3.63, 3.8) is 0 Å². The van der Waals surface area contributed by atoms with Gasteiger partial charge in [0.15, 0.2) is 11.6 Å². The first-order valence-corrected chi connectivity index (χ1v) is 5.72. The molecule has 1 heterocycles. The van der Waals surface area contributed by atoms with Gasteiger partial charge in [-0.25, -0.2) is 0 Å². The second-order valence-electron chi connectivity index (χ2n) is 4.30. The van der Waals surface area contributed by atoms with Crippen molar-refractivity contribution in [1.29, 1.82) is 0 Å². The normalized spacial score (nSPS) is 19.5. The Kier molecular flexibility index (Phi) is 3.38. The van der Waals surface area contributed by atoms with Gasteiger partial charge in [-0.1, -0.05) is 30.3 Å². The number of carbonyl (C=O) groups is 2. The summed E-state index contributed by atoms with van der Waals surface area (Å²) >= 11 is 0. The van der Waals surface area contributed by atoms with Gasteiger partial charge in [0.2, 0.25) is 0 Å². The van der Waals surface area contributed by atoms with Gasteiger partial charge < -0.3 is 4.90 Å². The van der Waals surface area contributed by atoms with E-state index in [-0.39, 0.29) is 17.6 Å². The van der Waals surface area contributed by atoms with E-state index in [1.807, 2.05) is 42.2 Å². The van der Waals surface area contributed by atoms with Gasteiger partial charge in [-0.15, -0.1) is 0 Å². The van der Waals surface area contributed by atoms with E-state index in [0.29, 0.717) is 18.5 Å². The average molecular weight is 229 g/mol. The average Bonchev–Trinajstić information content (AvgIpc) is 2.34. The summed E-state index contributed by atoms with van der Waals surface area (Å²) in [6.07, 6.45) is 3.74. The maximum Gasteiger partial charge on any atom is 0.182 e. The van der Waals surface area contributed by atoms with Crippen molar-refractivity contribution in [1.82, 2.24) is 4.90 Å². The first-order valence-electron chi connectivity index (χ1n) is 5.72. The summed E-state index contributed by atoms with van der Waals surface area (Å²) in [5.41, 5.74) is 0.713. The zero-order valence-corrected chi connectivity index (χ0v) is 9.80. The Morgan fingerprint density at radius 2 is 2.06 bits per heavy atom. The molecule has 1 atom stereocenters. The quantitative estimate of drug-likeness (QED) is 0.744. The second-order valence-corrected chi connectivity index (χ2v) is 4.30. The molecule has 0 saturated heterocycles. The number of allylic oxidation sites excluding steroid dienone is 1. The molecular weight excluding hydrogens is 214 g/mol. The number of Topliss-reactive ketones (excluding diaryl/α,β-unsaturated/α-hetero) is 1. The van der Waals surface area contributed by atoms with Crippen LogP contribution in [0.25, 0.3) is 0 Å². The van der Waals surface area contributed by atoms with Gasteiger partial charge in [-0.2, -0.15) is 0 Å². The SMILES string of the molecule is CC1CC(=O)C=CN1CC(=O)c1ccccc1. The lowest BCUT2D eigenvalue weighted by Gasteiger charge is -2.29. The van der Waals surface area contributed by atoms with Crippen molar-refractivity contribution in [2.45, 2.75) is 19.4 Å². The molecule has 3 nitrogen and oxygen atoms in total. The summed E-state index contributed by atoms with van der Waals surface area (Å²) in [6.45, 7) is 2.29. The number of ketones is 2. The van der Waals surface area contributed by atoms with Crippen molar-refractivity contribution < 1.29 is 9.59 Å². The van der Waals surface area contributed by atoms with Crippen molar-refractivity contribution in [2.24, 2.45) is 0 Å². The fourth-order valence-corrected chi connectivity index (χ4v) is 1.89. The summed E-state index contributed by atoms with van der Waals surface area (Å²) in [7, 11) is 0. The summed E-state index contributed by atoms with van der Waals surface area (Å²) in [5.74, 6) is 0.206. The van der Waals surface area contributed by atoms with E-state index in [9.17, 15) is 9.59 Å². The fraction of sp³-hybridized carbons (Fsp3) is 0.286. The van der Waals surface area contributed by atoms with Crippen LogP contribution in [0.2, 0.25) is 0 Å². The van der Waals surface area contributed by atoms with Crippen LogP contribution in [-0.2, 0) is 4.79 Å². The predicted molar refractivity (Wildman–Crippen MR) is 65.7 cm³/mol. The van der Waals surface area contributed by atoms with Crippen molar-refractivity contribution in [2.75, 3.05) is 6.54 Å². The van der Waals surface area contributed by atoms with Gasteiger partial charge in [0.25, 0.3) is 0 Å². The minimum atomic E-state index is 0.0800. The Morgan fingerprint density at radius 1 is 1.35 bits per heavy atom. The number of carbonyl (C=O) groups excluding carboxylic acids is 2. The number of hydrogen-bond acceptors (Lipinski definition) is 3. The van der Waals surface area contributed by atoms with Crippen LogP contribution in [-0.4, -0.2) is 29.1 Å². The molecule has 0 radical (unpaired) electrons. The minimum absolute atomic E-state index is 0.0800. The monoisotopic (exact) mass is 229 g/mol. The zero-order valence-electron chi connectivity index (χ0n) is 9.80. The highest BCUT2D eigenvalue weighted by Crippen LogP contribution is 2.13. The van der Waals surface area contributed by atoms with E-state index < -0.39 is 0 Å². The van der Waals surface area contributed by atoms with Crippen LogP contribution in [0, 0.1) is 0 Å². The van der Waals surface area contributed by atoms with Gasteiger partial charge in [0.05, 0.1) is 6.54 Å². The molecule has 0 bridgehead atoms. The van der Waals surface area contributed by atoms with E-state index in [1.165, 1.54) is 6.08 Å². The van der Waals surface area contributed by atoms with E-state index in [4.69, 9.17) is 0 Å². The lowest BCUT2D eigenvalue weighted by atomic mass is 10.1. The minimum Gasteiger partial charge on any atom is -0.366 e. The molecule has 1 aromatic carbocycles. The maximum absolute atomic E-state index is 12.0. The summed E-state index contributed by atoms with van der Waals surface area (Å²) < 4.78 is 0. The van der Waals surface area contributed by atoms with E-state index in [0.717, 1.165) is 0 Å². The summed E-state index contributed by atoms with van der Waals surface area (Å²) in [4.78, 5) is 25.1. The van der Waals surface area contributed by atoms with Crippen molar-refractivity contribution in [3.8, 4) is 0 Å². The first kappa shape index (κ1) is 11.6. The number of nitrogens with zero attached hydrogens (tertiary/aromatic N) is 1. The number of rotatable bonds is 3. The van der Waals surface area contributed by atoms with E-state index in [1.54, 1.807) is 6.20 Å². The molecule has 1 aliphatic heterocycles. The van der Waals surface area contributed by atoms with Crippen LogP contribution in [0.1, 0.15) is 23.7 Å². The molecule has 17 heavy (non-hydrogen) atoms. The molecule has 0 amide bonds. The Morgan fingerprint density at radius 3 is 2.71 bits per heavy atom. The Bertz CT molecular complexity index is 451. The second kappa shape index (κ2) is 4.95. The first-order chi connectivity index (χ1) is 8.16. The van der Waals surface area contributed by atoms with Crippen LogP contribution in [0.4, 0.5) is 0 Å². The molecule has 1 unspecified atom stereocenters. The number of hydrogen-bond donors (Lipinski definition) is 0. The van der Waals surface area contributed by atoms with Gasteiger partial charge in [-0.3, -0.25) is 9.59 Å². The van der Waals surface area contributed by atoms with Crippen LogP contribution < -0.4 is 0 Å². The Hall–Kier alpha value is -1.90. The lowest BCUT2D eigenvalue weighted by Crippen LogP contribution is -2.37. The molecule has 2 rings (SSSR count). The van der Waals surface area contributed by atoms with Gasteiger partial charge in [0, 0.05) is 24.2 Å². The molecule has 3 heteroatoms. The summed E-state index contributed by atoms with van der Waals surface area (Å²) in [6, 6.07) is 9.31. The Balaban J connectivity index is 2.05. The van der Waals surface area contributed by atoms with Gasteiger partial charge in [-0.05, 0) is 13.0 Å². The molecule has 0 N–H and O–H groups in total. The molecule has 88 valence electrons. The van der Waals surface area contributed by atoms with Gasteiger partial charge >= 0.3 is 0 Å². The molecule has 0 aliphatic carbocycles. The highest BCUT2D eigenvalue weighted by atomic mass is 16.1. The molecule has 0 aromatic heterocycles. The molecule has 0 fully saturated rings. The number of benzene rings is 1.